The molecule has 4 aromatic rings. The van der Waals surface area contributed by atoms with E-state index in [1.165, 1.54) is 14.2 Å². The molecule has 0 radical (unpaired) electrons. The van der Waals surface area contributed by atoms with Crippen molar-refractivity contribution in [1.82, 2.24) is 40.8 Å². The highest BCUT2D eigenvalue weighted by atomic mass is 16.7. The highest BCUT2D eigenvalue weighted by Crippen LogP contribution is 2.52. The molecule has 4 amide bonds. The molecule has 16 nitrogen and oxygen atoms in total. The number of H-pyrrole nitrogens is 2. The largest absolute Gasteiger partial charge is 0.453 e. The van der Waals surface area contributed by atoms with E-state index in [0.717, 1.165) is 78.0 Å². The molecule has 60 heavy (non-hydrogen) atoms. The van der Waals surface area contributed by atoms with Gasteiger partial charge in [0.05, 0.1) is 43.5 Å². The second-order valence-corrected chi connectivity index (χ2v) is 16.9. The lowest BCUT2D eigenvalue weighted by Crippen LogP contribution is -2.55. The van der Waals surface area contributed by atoms with Gasteiger partial charge in [-0.15, -0.1) is 0 Å². The number of aromatic amines is 2. The summed E-state index contributed by atoms with van der Waals surface area (Å²) in [4.78, 5) is 68.8. The molecule has 4 heterocycles. The molecule has 7 rings (SSSR count). The third-order valence-electron chi connectivity index (χ3n) is 12.2. The van der Waals surface area contributed by atoms with Crippen LogP contribution < -0.4 is 25.4 Å². The molecule has 16 heteroatoms. The van der Waals surface area contributed by atoms with Gasteiger partial charge in [0.1, 0.15) is 23.7 Å². The lowest BCUT2D eigenvalue weighted by atomic mass is 9.95. The molecule has 2 aliphatic heterocycles. The Bertz CT molecular complexity index is 2210. The van der Waals surface area contributed by atoms with Crippen molar-refractivity contribution in [3.63, 3.8) is 0 Å². The molecular formula is C44H56N8O8. The van der Waals surface area contributed by atoms with Crippen LogP contribution in [0, 0.1) is 11.8 Å². The van der Waals surface area contributed by atoms with Gasteiger partial charge in [-0.3, -0.25) is 9.59 Å². The Morgan fingerprint density at radius 3 is 2.02 bits per heavy atom. The maximum atomic E-state index is 13.8. The topological polar surface area (TPSA) is 202 Å². The van der Waals surface area contributed by atoms with Crippen LogP contribution in [0.3, 0.4) is 0 Å². The van der Waals surface area contributed by atoms with Crippen molar-refractivity contribution in [2.45, 2.75) is 96.2 Å². The van der Waals surface area contributed by atoms with Gasteiger partial charge in [-0.1, -0.05) is 52.0 Å². The Labute approximate surface area is 349 Å². The van der Waals surface area contributed by atoms with E-state index in [2.05, 4.69) is 30.7 Å². The number of carbonyl (C=O) groups is 4. The molecule has 5 N–H and O–H groups in total. The third kappa shape index (κ3) is 8.36. The Balaban J connectivity index is 1.01. The normalized spacial score (nSPS) is 18.6. The van der Waals surface area contributed by atoms with E-state index in [4.69, 9.17) is 24.2 Å². The molecule has 3 aliphatic rings. The number of benzene rings is 2. The summed E-state index contributed by atoms with van der Waals surface area (Å²) in [6, 6.07) is 10.8. The van der Waals surface area contributed by atoms with Gasteiger partial charge in [0.15, 0.2) is 11.5 Å². The highest BCUT2D eigenvalue weighted by molar-refractivity contribution is 5.87. The average molecular weight is 825 g/mol. The Kier molecular flexibility index (Phi) is 12.1. The molecular weight excluding hydrogens is 769 g/mol. The fourth-order valence-electron chi connectivity index (χ4n) is 8.39. The predicted molar refractivity (Wildman–Crippen MR) is 223 cm³/mol. The summed E-state index contributed by atoms with van der Waals surface area (Å²) in [6.45, 7) is 10.7. The van der Waals surface area contributed by atoms with Gasteiger partial charge in [0.25, 0.3) is 0 Å². The predicted octanol–water partition coefficient (Wildman–Crippen LogP) is 6.39. The number of amides is 4. The zero-order valence-corrected chi connectivity index (χ0v) is 35.4. The number of nitrogens with zero attached hydrogens (tertiary/aromatic N) is 3. The summed E-state index contributed by atoms with van der Waals surface area (Å²) in [5, 5.41) is 8.29. The van der Waals surface area contributed by atoms with E-state index in [1.54, 1.807) is 6.20 Å². The molecule has 0 spiro atoms. The van der Waals surface area contributed by atoms with Crippen molar-refractivity contribution >= 4 is 24.0 Å². The van der Waals surface area contributed by atoms with E-state index < -0.39 is 29.8 Å². The monoisotopic (exact) mass is 824 g/mol. The van der Waals surface area contributed by atoms with Gasteiger partial charge >= 0.3 is 12.2 Å². The van der Waals surface area contributed by atoms with E-state index in [9.17, 15) is 19.2 Å². The number of likely N-dealkylation sites (tertiary alicyclic amines) is 1. The number of aromatic nitrogens is 4. The van der Waals surface area contributed by atoms with Gasteiger partial charge in [-0.2, -0.15) is 0 Å². The second kappa shape index (κ2) is 17.3. The van der Waals surface area contributed by atoms with E-state index in [1.807, 2.05) is 82.1 Å². The SMILES string of the molecule is COC(=O)NC(C(=O)NCCCC1(c2ncc(-c3ccc(-c4ccc(-c5cnc(C6(C)CCCN6C(=O)C(NC(=O)OC)C(C)C)[nH]5)cc4)c4c3OCO4)[nH]2)CC1)C(C)C. The summed E-state index contributed by atoms with van der Waals surface area (Å²) in [5.74, 6) is 2.32. The fourth-order valence-corrected chi connectivity index (χ4v) is 8.39. The van der Waals surface area contributed by atoms with Gasteiger partial charge in [0, 0.05) is 29.6 Å². The van der Waals surface area contributed by atoms with Crippen molar-refractivity contribution in [2.24, 2.45) is 11.8 Å². The maximum Gasteiger partial charge on any atom is 0.407 e. The number of rotatable bonds is 15. The van der Waals surface area contributed by atoms with E-state index >= 15 is 0 Å². The standard InChI is InChI=1S/C44H56N8O8/c1-25(2)33(50-41(55)57-6)37(53)45-20-8-17-44(18-19-44)40-47-23-32(49-40)30-15-14-29(35-36(30)60-24-59-35)27-10-12-28(13-11-27)31-22-46-39(48-31)43(5)16-9-21-52(43)38(54)34(26(3)4)51-42(56)58-7/h10-15,22-23,25-26,33-34H,8-9,16-21,24H2,1-7H3,(H,45,53)(H,46,48)(H,47,49)(H,50,55)(H,51,56). The first-order valence-corrected chi connectivity index (χ1v) is 20.7. The molecule has 3 unspecified atom stereocenters. The second-order valence-electron chi connectivity index (χ2n) is 16.9. The summed E-state index contributed by atoms with van der Waals surface area (Å²) < 4.78 is 21.6. The lowest BCUT2D eigenvalue weighted by molar-refractivity contribution is -0.138. The third-order valence-corrected chi connectivity index (χ3v) is 12.2. The minimum atomic E-state index is -0.721. The van der Waals surface area contributed by atoms with Crippen LogP contribution in [0.4, 0.5) is 9.59 Å². The Morgan fingerprint density at radius 1 is 0.783 bits per heavy atom. The molecule has 0 bridgehead atoms. The Hall–Kier alpha value is -6.06. The van der Waals surface area contributed by atoms with E-state index in [-0.39, 0.29) is 35.9 Å². The molecule has 320 valence electrons. The number of hydrogen-bond acceptors (Lipinski definition) is 10. The Morgan fingerprint density at radius 2 is 1.37 bits per heavy atom. The van der Waals surface area contributed by atoms with Crippen molar-refractivity contribution < 1.29 is 38.1 Å². The summed E-state index contributed by atoms with van der Waals surface area (Å²) in [5.41, 5.74) is 4.58. The van der Waals surface area contributed by atoms with Crippen molar-refractivity contribution in [2.75, 3.05) is 34.1 Å². The van der Waals surface area contributed by atoms with Crippen molar-refractivity contribution in [3.8, 4) is 45.1 Å². The molecule has 3 atom stereocenters. The molecule has 1 saturated carbocycles. The summed E-state index contributed by atoms with van der Waals surface area (Å²) in [6.07, 6.45) is 7.56. The first-order chi connectivity index (χ1) is 28.8. The summed E-state index contributed by atoms with van der Waals surface area (Å²) >= 11 is 0. The number of ether oxygens (including phenoxy) is 4. The zero-order chi connectivity index (χ0) is 42.8. The van der Waals surface area contributed by atoms with Crippen LogP contribution in [-0.4, -0.2) is 95.0 Å². The van der Waals surface area contributed by atoms with Crippen LogP contribution in [0.1, 0.15) is 84.8 Å². The number of nitrogens with one attached hydrogen (secondary N) is 5. The van der Waals surface area contributed by atoms with E-state index in [0.29, 0.717) is 30.4 Å². The number of carbonyl (C=O) groups excluding carboxylic acids is 4. The quantitative estimate of drug-likeness (QED) is 0.0837. The summed E-state index contributed by atoms with van der Waals surface area (Å²) in [7, 11) is 2.57. The molecule has 1 saturated heterocycles. The van der Waals surface area contributed by atoms with Gasteiger partial charge in [0.2, 0.25) is 18.6 Å². The lowest BCUT2D eigenvalue weighted by Gasteiger charge is -2.37. The number of alkyl carbamates (subject to hydrolysis) is 2. The van der Waals surface area contributed by atoms with Crippen LogP contribution in [-0.2, 0) is 30.0 Å². The average Bonchev–Trinajstić information content (AvgIpc) is 3.79. The van der Waals surface area contributed by atoms with Crippen LogP contribution in [0.5, 0.6) is 11.5 Å². The molecule has 1 aliphatic carbocycles. The van der Waals surface area contributed by atoms with Crippen LogP contribution in [0.25, 0.3) is 33.6 Å². The van der Waals surface area contributed by atoms with Gasteiger partial charge in [-0.05, 0) is 80.5 Å². The number of hydrogen-bond donors (Lipinski definition) is 5. The highest BCUT2D eigenvalue weighted by Gasteiger charge is 2.47. The van der Waals surface area contributed by atoms with Crippen molar-refractivity contribution in [3.05, 3.63) is 60.4 Å². The molecule has 2 aromatic heterocycles. The van der Waals surface area contributed by atoms with Crippen LogP contribution >= 0.6 is 0 Å². The van der Waals surface area contributed by atoms with Crippen molar-refractivity contribution in [1.29, 1.82) is 0 Å². The minimum Gasteiger partial charge on any atom is -0.453 e. The number of methoxy groups -OCH3 is 2. The van der Waals surface area contributed by atoms with Gasteiger partial charge in [-0.25, -0.2) is 19.6 Å². The minimum absolute atomic E-state index is 0.0754. The van der Waals surface area contributed by atoms with Crippen LogP contribution in [0.15, 0.2) is 48.8 Å². The zero-order valence-electron chi connectivity index (χ0n) is 35.4. The molecule has 2 fully saturated rings. The molecule has 2 aromatic carbocycles. The number of fused-ring (bicyclic) bond motifs is 1. The maximum absolute atomic E-state index is 13.8. The smallest absolute Gasteiger partial charge is 0.407 e. The first kappa shape index (κ1) is 42.1. The van der Waals surface area contributed by atoms with Gasteiger partial charge < -0.3 is 49.8 Å². The fraction of sp³-hybridized carbons (Fsp3) is 0.500. The number of imidazole rings is 2. The van der Waals surface area contributed by atoms with Crippen LogP contribution in [0.2, 0.25) is 0 Å². The first-order valence-electron chi connectivity index (χ1n) is 20.7.